The predicted octanol–water partition coefficient (Wildman–Crippen LogP) is 3.92. The molecule has 0 saturated carbocycles. The van der Waals surface area contributed by atoms with Crippen LogP contribution in [-0.2, 0) is 28.4 Å². The molecule has 2 aliphatic heterocycles. The molecule has 4 unspecified atom stereocenters. The largest absolute Gasteiger partial charge is 0.452 e. The lowest BCUT2D eigenvalue weighted by molar-refractivity contribution is -0.356. The predicted molar refractivity (Wildman–Crippen MR) is 127 cm³/mol. The van der Waals surface area contributed by atoms with E-state index in [4.69, 9.17) is 28.4 Å². The van der Waals surface area contributed by atoms with Crippen molar-refractivity contribution in [3.05, 3.63) is 108 Å². The fraction of sp³-hybridized carbons (Fsp3) is 0.286. The van der Waals surface area contributed by atoms with Gasteiger partial charge in [0, 0.05) is 12.7 Å². The summed E-state index contributed by atoms with van der Waals surface area (Å²) in [5.74, 6) is -1.18. The highest BCUT2D eigenvalue weighted by atomic mass is 16.8. The molecular formula is C28H26O8. The van der Waals surface area contributed by atoms with Crippen molar-refractivity contribution in [2.24, 2.45) is 0 Å². The molecule has 186 valence electrons. The number of hydrogen-bond acceptors (Lipinski definition) is 8. The van der Waals surface area contributed by atoms with Gasteiger partial charge in [0.05, 0.1) is 17.7 Å². The molecule has 3 aromatic carbocycles. The van der Waals surface area contributed by atoms with Crippen molar-refractivity contribution in [3.8, 4) is 0 Å². The zero-order valence-corrected chi connectivity index (χ0v) is 19.6. The molecule has 6 atom stereocenters. The smallest absolute Gasteiger partial charge is 0.338 e. The van der Waals surface area contributed by atoms with Crippen LogP contribution in [0.15, 0.2) is 91.0 Å². The summed E-state index contributed by atoms with van der Waals surface area (Å²) >= 11 is 0. The second-order valence-electron chi connectivity index (χ2n) is 8.43. The molecule has 2 saturated heterocycles. The minimum atomic E-state index is -1.09. The van der Waals surface area contributed by atoms with Crippen LogP contribution in [0.25, 0.3) is 0 Å². The molecule has 2 heterocycles. The summed E-state index contributed by atoms with van der Waals surface area (Å²) in [5, 5.41) is 0. The number of fused-ring (bicyclic) bond motifs is 1. The van der Waals surface area contributed by atoms with Gasteiger partial charge in [-0.25, -0.2) is 9.59 Å². The molecule has 36 heavy (non-hydrogen) atoms. The molecule has 8 nitrogen and oxygen atoms in total. The molecule has 0 aliphatic carbocycles. The Hall–Kier alpha value is -3.56. The van der Waals surface area contributed by atoms with Gasteiger partial charge in [-0.1, -0.05) is 66.7 Å². The van der Waals surface area contributed by atoms with E-state index < -0.39 is 48.9 Å². The summed E-state index contributed by atoms with van der Waals surface area (Å²) in [6.07, 6.45) is -5.23. The maximum Gasteiger partial charge on any atom is 0.338 e. The van der Waals surface area contributed by atoms with E-state index in [0.29, 0.717) is 11.1 Å². The van der Waals surface area contributed by atoms with Crippen molar-refractivity contribution in [2.75, 3.05) is 13.7 Å². The molecule has 0 N–H and O–H groups in total. The molecular weight excluding hydrogens is 464 g/mol. The Bertz CT molecular complexity index is 1150. The van der Waals surface area contributed by atoms with Crippen molar-refractivity contribution < 1.29 is 38.0 Å². The monoisotopic (exact) mass is 490 g/mol. The fourth-order valence-corrected chi connectivity index (χ4v) is 4.31. The minimum absolute atomic E-state index is 0.169. The average molecular weight is 491 g/mol. The zero-order chi connectivity index (χ0) is 24.9. The summed E-state index contributed by atoms with van der Waals surface area (Å²) in [7, 11) is 1.43. The first kappa shape index (κ1) is 24.1. The standard InChI is InChI=1S/C28H26O8/c1-31-28-24(35-26(30)19-13-7-3-8-14-19)23(34-25(29)18-11-5-2-6-12-18)22-21(33-28)17-32-27(36-22)20-15-9-4-10-16-20/h2-16,21-24,27-28H,17H2,1H3/t21?,22-,23?,24?,27?,28+/m1/s1. The van der Waals surface area contributed by atoms with Gasteiger partial charge in [0.15, 0.2) is 24.8 Å². The third-order valence-corrected chi connectivity index (χ3v) is 6.09. The molecule has 5 rings (SSSR count). The molecule has 2 aliphatic rings. The molecule has 0 spiro atoms. The average Bonchev–Trinajstić information content (AvgIpc) is 2.95. The first-order valence-electron chi connectivity index (χ1n) is 11.7. The number of esters is 2. The SMILES string of the molecule is CO[C@H]1OC2COC(c3ccccc3)O[C@H]2C(OC(=O)c2ccccc2)C1OC(=O)c1ccccc1. The van der Waals surface area contributed by atoms with Crippen LogP contribution in [0.4, 0.5) is 0 Å². The quantitative estimate of drug-likeness (QED) is 0.481. The number of methoxy groups -OCH3 is 1. The Balaban J connectivity index is 1.46. The van der Waals surface area contributed by atoms with Crippen LogP contribution in [-0.4, -0.2) is 56.4 Å². The van der Waals surface area contributed by atoms with E-state index in [2.05, 4.69) is 0 Å². The lowest BCUT2D eigenvalue weighted by atomic mass is 9.97. The van der Waals surface area contributed by atoms with Gasteiger partial charge in [-0.05, 0) is 24.3 Å². The number of ether oxygens (including phenoxy) is 6. The van der Waals surface area contributed by atoms with Crippen LogP contribution >= 0.6 is 0 Å². The van der Waals surface area contributed by atoms with Crippen LogP contribution in [0, 0.1) is 0 Å². The summed E-state index contributed by atoms with van der Waals surface area (Å²) in [6, 6.07) is 26.5. The van der Waals surface area contributed by atoms with E-state index in [9.17, 15) is 9.59 Å². The first-order valence-corrected chi connectivity index (χ1v) is 11.7. The fourth-order valence-electron chi connectivity index (χ4n) is 4.31. The Morgan fingerprint density at radius 2 is 1.25 bits per heavy atom. The van der Waals surface area contributed by atoms with Crippen molar-refractivity contribution in [2.45, 2.75) is 37.0 Å². The number of hydrogen-bond donors (Lipinski definition) is 0. The summed E-state index contributed by atoms with van der Waals surface area (Å²) in [4.78, 5) is 26.1. The molecule has 3 aromatic rings. The van der Waals surface area contributed by atoms with Gasteiger partial charge in [0.25, 0.3) is 0 Å². The maximum atomic E-state index is 13.1. The van der Waals surface area contributed by atoms with Crippen LogP contribution in [0.1, 0.15) is 32.6 Å². The van der Waals surface area contributed by atoms with E-state index in [1.165, 1.54) is 7.11 Å². The van der Waals surface area contributed by atoms with E-state index in [1.807, 2.05) is 30.3 Å². The van der Waals surface area contributed by atoms with E-state index in [1.54, 1.807) is 60.7 Å². The molecule has 0 aromatic heterocycles. The summed E-state index contributed by atoms with van der Waals surface area (Å²) < 4.78 is 35.5. The normalized spacial score (nSPS) is 27.5. The van der Waals surface area contributed by atoms with Crippen LogP contribution in [0.3, 0.4) is 0 Å². The van der Waals surface area contributed by atoms with Crippen molar-refractivity contribution in [1.29, 1.82) is 0 Å². The number of carbonyl (C=O) groups is 2. The minimum Gasteiger partial charge on any atom is -0.452 e. The zero-order valence-electron chi connectivity index (χ0n) is 19.6. The van der Waals surface area contributed by atoms with Crippen molar-refractivity contribution in [3.63, 3.8) is 0 Å². The second kappa shape index (κ2) is 11.0. The van der Waals surface area contributed by atoms with Crippen molar-refractivity contribution >= 4 is 11.9 Å². The van der Waals surface area contributed by atoms with Gasteiger partial charge in [-0.2, -0.15) is 0 Å². The van der Waals surface area contributed by atoms with Crippen LogP contribution < -0.4 is 0 Å². The second-order valence-corrected chi connectivity index (χ2v) is 8.43. The molecule has 0 bridgehead atoms. The molecule has 8 heteroatoms. The van der Waals surface area contributed by atoms with Gasteiger partial charge in [-0.3, -0.25) is 0 Å². The Morgan fingerprint density at radius 1 is 0.722 bits per heavy atom. The highest BCUT2D eigenvalue weighted by molar-refractivity contribution is 5.90. The van der Waals surface area contributed by atoms with E-state index in [0.717, 1.165) is 5.56 Å². The lowest BCUT2D eigenvalue weighted by Gasteiger charge is -2.47. The maximum absolute atomic E-state index is 13.1. The molecule has 0 amide bonds. The highest BCUT2D eigenvalue weighted by Crippen LogP contribution is 2.37. The Kier molecular flexibility index (Phi) is 7.39. The van der Waals surface area contributed by atoms with Gasteiger partial charge < -0.3 is 28.4 Å². The molecule has 0 radical (unpaired) electrons. The Labute approximate surface area is 208 Å². The van der Waals surface area contributed by atoms with Gasteiger partial charge in [-0.15, -0.1) is 0 Å². The number of carbonyl (C=O) groups excluding carboxylic acids is 2. The third-order valence-electron chi connectivity index (χ3n) is 6.09. The summed E-state index contributed by atoms with van der Waals surface area (Å²) in [5.41, 5.74) is 1.50. The van der Waals surface area contributed by atoms with Crippen LogP contribution in [0.2, 0.25) is 0 Å². The topological polar surface area (TPSA) is 89.5 Å². The van der Waals surface area contributed by atoms with Crippen molar-refractivity contribution in [1.82, 2.24) is 0 Å². The first-order chi connectivity index (χ1) is 17.6. The third kappa shape index (κ3) is 5.17. The van der Waals surface area contributed by atoms with Crippen LogP contribution in [0.5, 0.6) is 0 Å². The number of rotatable bonds is 6. The molecule has 2 fully saturated rings. The Morgan fingerprint density at radius 3 is 1.81 bits per heavy atom. The van der Waals surface area contributed by atoms with E-state index in [-0.39, 0.29) is 6.61 Å². The lowest BCUT2D eigenvalue weighted by Crippen LogP contribution is -2.64. The number of benzene rings is 3. The van der Waals surface area contributed by atoms with Gasteiger partial charge in [0.2, 0.25) is 0 Å². The van der Waals surface area contributed by atoms with E-state index >= 15 is 0 Å². The van der Waals surface area contributed by atoms with Gasteiger partial charge in [0.1, 0.15) is 12.2 Å². The van der Waals surface area contributed by atoms with Gasteiger partial charge >= 0.3 is 11.9 Å². The highest BCUT2D eigenvalue weighted by Gasteiger charge is 2.54. The summed E-state index contributed by atoms with van der Waals surface area (Å²) in [6.45, 7) is 0.169.